The number of nitrogens with two attached hydrogens (primary N) is 1. The molecule has 0 saturated heterocycles. The molecule has 0 amide bonds. The fraction of sp³-hybridized carbons (Fsp3) is 0.852. The summed E-state index contributed by atoms with van der Waals surface area (Å²) in [4.78, 5) is 19.8. The van der Waals surface area contributed by atoms with Crippen LogP contribution in [0.15, 0.2) is 4.47 Å². The summed E-state index contributed by atoms with van der Waals surface area (Å²) in [5.41, 5.74) is 5.62. The van der Waals surface area contributed by atoms with E-state index in [2.05, 4.69) is 32.8 Å². The van der Waals surface area contributed by atoms with E-state index in [1.807, 2.05) is 0 Å². The molecule has 234 valence electrons. The minimum atomic E-state index is -4.14. The average molecular weight is 679 g/mol. The van der Waals surface area contributed by atoms with Gasteiger partial charge in [-0.25, -0.2) is 0 Å². The fourth-order valence-corrected chi connectivity index (χ4v) is 5.09. The number of hydrogen-bond donors (Lipinski definition) is 2. The summed E-state index contributed by atoms with van der Waals surface area (Å²) >= 11 is 3.25. The zero-order chi connectivity index (χ0) is 29.3. The van der Waals surface area contributed by atoms with E-state index < -0.39 is 13.9 Å². The van der Waals surface area contributed by atoms with Crippen molar-refractivity contribution in [1.82, 2.24) is 9.97 Å². The minimum Gasteiger partial charge on any atom is -0.777 e. The van der Waals surface area contributed by atoms with Crippen molar-refractivity contribution in [3.05, 3.63) is 4.47 Å². The van der Waals surface area contributed by atoms with Gasteiger partial charge in [0.15, 0.2) is 7.60 Å². The van der Waals surface area contributed by atoms with Gasteiger partial charge in [-0.05, 0) is 22.4 Å². The first kappa shape index (κ1) is 41.0. The molecule has 1 rings (SSSR count). The largest absolute Gasteiger partial charge is 1.00 e. The molecule has 1 atom stereocenters. The number of ether oxygens (including phenoxy) is 4. The van der Waals surface area contributed by atoms with Gasteiger partial charge < -0.3 is 43.8 Å². The maximum Gasteiger partial charge on any atom is 1.00 e. The van der Waals surface area contributed by atoms with Gasteiger partial charge in [0.25, 0.3) is 0 Å². The van der Waals surface area contributed by atoms with Crippen molar-refractivity contribution in [1.29, 1.82) is 0 Å². The maximum absolute atomic E-state index is 12.0. The molecule has 0 aliphatic carbocycles. The molecule has 11 nitrogen and oxygen atoms in total. The third-order valence-electron chi connectivity index (χ3n) is 6.01. The molecule has 1 unspecified atom stereocenters. The number of hydrogen-bond acceptors (Lipinski definition) is 11. The van der Waals surface area contributed by atoms with E-state index in [1.54, 1.807) is 0 Å². The summed E-state index contributed by atoms with van der Waals surface area (Å²) in [6.45, 7) is 2.87. The second kappa shape index (κ2) is 27.5. The molecule has 0 radical (unpaired) electrons. The fourth-order valence-electron chi connectivity index (χ4n) is 3.90. The molecule has 0 saturated carbocycles. The van der Waals surface area contributed by atoms with Crippen molar-refractivity contribution in [3.63, 3.8) is 0 Å². The SMILES string of the molecule is CCCCCCCCCCCCCCCCOCCOP(=O)([O-])COCCOc1nc(N)nc(OCCO)c1Br.[Na+]. The molecule has 0 aliphatic rings. The quantitative estimate of drug-likeness (QED) is 0.0763. The number of aromatic nitrogens is 2. The molecule has 0 spiro atoms. The molecular weight excluding hydrogens is 628 g/mol. The number of rotatable bonds is 28. The Bertz CT molecular complexity index is 816. The Kier molecular flexibility index (Phi) is 27.5. The summed E-state index contributed by atoms with van der Waals surface area (Å²) < 4.78 is 38.6. The van der Waals surface area contributed by atoms with Gasteiger partial charge in [0.1, 0.15) is 24.0 Å². The van der Waals surface area contributed by atoms with Crippen molar-refractivity contribution < 1.29 is 67.6 Å². The molecule has 0 aliphatic heterocycles. The smallest absolute Gasteiger partial charge is 0.777 e. The summed E-state index contributed by atoms with van der Waals surface area (Å²) in [5, 5.41) is 8.87. The van der Waals surface area contributed by atoms with E-state index in [0.717, 1.165) is 12.8 Å². The van der Waals surface area contributed by atoms with Gasteiger partial charge in [-0.2, -0.15) is 9.97 Å². The molecule has 3 N–H and O–H groups in total. The van der Waals surface area contributed by atoms with E-state index in [0.29, 0.717) is 11.1 Å². The molecule has 1 heterocycles. The van der Waals surface area contributed by atoms with Crippen LogP contribution < -0.4 is 49.7 Å². The van der Waals surface area contributed by atoms with Crippen LogP contribution in [0.4, 0.5) is 5.95 Å². The summed E-state index contributed by atoms with van der Waals surface area (Å²) in [6.07, 6.45) is 17.7. The Hall–Kier alpha value is -0.0100. The Balaban J connectivity index is 0.0000160. The minimum absolute atomic E-state index is 0. The Morgan fingerprint density at radius 2 is 1.24 bits per heavy atom. The van der Waals surface area contributed by atoms with Crippen molar-refractivity contribution in [2.24, 2.45) is 0 Å². The van der Waals surface area contributed by atoms with Gasteiger partial charge >= 0.3 is 29.6 Å². The maximum atomic E-state index is 12.0. The van der Waals surface area contributed by atoms with E-state index in [9.17, 15) is 9.46 Å². The van der Waals surface area contributed by atoms with Crippen molar-refractivity contribution in [2.75, 3.05) is 58.3 Å². The number of halogens is 1. The molecule has 14 heteroatoms. The standard InChI is InChI=1S/C27H51BrN3O8P.Na/c1-2-3-4-5-6-7-8-9-10-11-12-13-14-15-17-35-20-22-39-40(33,34)23-36-19-21-38-26-24(28)25(37-18-16-32)30-27(29)31-26;/h32H,2-23H2,1H3,(H,33,34)(H2,29,30,31);/q;+1/p-1. The van der Waals surface area contributed by atoms with Crippen LogP contribution in [-0.2, 0) is 18.6 Å². The Morgan fingerprint density at radius 3 is 1.78 bits per heavy atom. The third-order valence-corrected chi connectivity index (χ3v) is 7.76. The predicted octanol–water partition coefficient (Wildman–Crippen LogP) is 2.62. The van der Waals surface area contributed by atoms with Crippen LogP contribution >= 0.6 is 23.5 Å². The van der Waals surface area contributed by atoms with Crippen LogP contribution in [0.25, 0.3) is 0 Å². The van der Waals surface area contributed by atoms with Crippen LogP contribution in [0.5, 0.6) is 11.8 Å². The summed E-state index contributed by atoms with van der Waals surface area (Å²) in [6, 6.07) is 0. The zero-order valence-corrected chi connectivity index (χ0v) is 29.6. The second-order valence-corrected chi connectivity index (χ2v) is 12.1. The van der Waals surface area contributed by atoms with Crippen molar-refractivity contribution in [2.45, 2.75) is 96.8 Å². The molecule has 0 aromatic carbocycles. The average Bonchev–Trinajstić information content (AvgIpc) is 2.92. The van der Waals surface area contributed by atoms with E-state index in [1.165, 1.54) is 77.0 Å². The first-order chi connectivity index (χ1) is 19.4. The van der Waals surface area contributed by atoms with Gasteiger partial charge in [0, 0.05) is 6.61 Å². The molecule has 1 aromatic rings. The van der Waals surface area contributed by atoms with E-state index in [-0.39, 0.29) is 86.9 Å². The van der Waals surface area contributed by atoms with Gasteiger partial charge in [0.05, 0.1) is 26.4 Å². The van der Waals surface area contributed by atoms with E-state index >= 15 is 0 Å². The Morgan fingerprint density at radius 1 is 0.756 bits per heavy atom. The zero-order valence-electron chi connectivity index (χ0n) is 25.2. The van der Waals surface area contributed by atoms with Gasteiger partial charge in [0.2, 0.25) is 17.7 Å². The van der Waals surface area contributed by atoms with E-state index in [4.69, 9.17) is 34.3 Å². The van der Waals surface area contributed by atoms with Crippen molar-refractivity contribution >= 4 is 29.5 Å². The molecule has 41 heavy (non-hydrogen) atoms. The van der Waals surface area contributed by atoms with Gasteiger partial charge in [-0.15, -0.1) is 0 Å². The number of aliphatic hydroxyl groups excluding tert-OH is 1. The Labute approximate surface area is 277 Å². The topological polar surface area (TPSA) is 158 Å². The second-order valence-electron chi connectivity index (χ2n) is 9.62. The molecule has 0 bridgehead atoms. The number of anilines is 1. The first-order valence-electron chi connectivity index (χ1n) is 14.7. The predicted molar refractivity (Wildman–Crippen MR) is 158 cm³/mol. The van der Waals surface area contributed by atoms with Gasteiger partial charge in [-0.1, -0.05) is 90.4 Å². The monoisotopic (exact) mass is 677 g/mol. The van der Waals surface area contributed by atoms with Crippen molar-refractivity contribution in [3.8, 4) is 11.8 Å². The van der Waals surface area contributed by atoms with Gasteiger partial charge in [-0.3, -0.25) is 0 Å². The number of nitrogens with zero attached hydrogens (tertiary/aromatic N) is 2. The summed E-state index contributed by atoms with van der Waals surface area (Å²) in [7, 11) is -4.14. The normalized spacial score (nSPS) is 12.6. The molecule has 1 aromatic heterocycles. The van der Waals surface area contributed by atoms with Crippen LogP contribution in [0.3, 0.4) is 0 Å². The van der Waals surface area contributed by atoms with Crippen LogP contribution in [-0.4, -0.2) is 67.7 Å². The first-order valence-corrected chi connectivity index (χ1v) is 17.2. The molecular formula is C27H50BrN3NaO8P. The number of unbranched alkanes of at least 4 members (excludes halogenated alkanes) is 13. The van der Waals surface area contributed by atoms with Crippen LogP contribution in [0.2, 0.25) is 0 Å². The third kappa shape index (κ3) is 23.1. The number of nitrogen functional groups attached to an aromatic ring is 1. The number of aliphatic hydroxyl groups is 1. The molecule has 0 fully saturated rings. The summed E-state index contributed by atoms with van der Waals surface area (Å²) in [5.74, 6) is 0.166. The van der Waals surface area contributed by atoms with Crippen LogP contribution in [0, 0.1) is 0 Å². The van der Waals surface area contributed by atoms with Crippen LogP contribution in [0.1, 0.15) is 96.8 Å².